The minimum Gasteiger partial charge on any atom is -0.483 e. The molecule has 22 heavy (non-hydrogen) atoms. The summed E-state index contributed by atoms with van der Waals surface area (Å²) in [5.74, 6) is 1.58. The van der Waals surface area contributed by atoms with E-state index in [-0.39, 0.29) is 6.10 Å². The minimum atomic E-state index is -0.180. The SMILES string of the molecule is CC(Oc1ccc(-c2ccccc2)cc1)c1n[nH]c(=S)n1C. The summed E-state index contributed by atoms with van der Waals surface area (Å²) < 4.78 is 8.34. The number of nitrogens with one attached hydrogen (secondary N) is 1. The second-order valence-corrected chi connectivity index (χ2v) is 5.48. The lowest BCUT2D eigenvalue weighted by Gasteiger charge is -2.14. The van der Waals surface area contributed by atoms with Crippen LogP contribution in [0, 0.1) is 4.77 Å². The van der Waals surface area contributed by atoms with E-state index in [1.165, 1.54) is 11.1 Å². The van der Waals surface area contributed by atoms with Crippen LogP contribution in [0.3, 0.4) is 0 Å². The average Bonchev–Trinajstić information content (AvgIpc) is 2.88. The monoisotopic (exact) mass is 311 g/mol. The van der Waals surface area contributed by atoms with Gasteiger partial charge < -0.3 is 9.30 Å². The summed E-state index contributed by atoms with van der Waals surface area (Å²) in [6, 6.07) is 18.3. The molecule has 3 aromatic rings. The van der Waals surface area contributed by atoms with Crippen molar-refractivity contribution in [3.63, 3.8) is 0 Å². The molecule has 1 N–H and O–H groups in total. The zero-order valence-corrected chi connectivity index (χ0v) is 13.3. The molecule has 3 rings (SSSR count). The number of aromatic nitrogens is 3. The van der Waals surface area contributed by atoms with Gasteiger partial charge >= 0.3 is 0 Å². The molecule has 1 aromatic heterocycles. The van der Waals surface area contributed by atoms with Crippen LogP contribution in [0.25, 0.3) is 11.1 Å². The highest BCUT2D eigenvalue weighted by Crippen LogP contribution is 2.25. The topological polar surface area (TPSA) is 42.8 Å². The summed E-state index contributed by atoms with van der Waals surface area (Å²) in [5, 5.41) is 6.97. The van der Waals surface area contributed by atoms with E-state index in [2.05, 4.69) is 34.5 Å². The Balaban J connectivity index is 1.76. The van der Waals surface area contributed by atoms with Crippen molar-refractivity contribution in [3.8, 4) is 16.9 Å². The standard InChI is InChI=1S/C17H17N3OS/c1-12(16-18-19-17(22)20(16)2)21-15-10-8-14(9-11-15)13-6-4-3-5-7-13/h3-12H,1-2H3,(H,19,22). The number of hydrogen-bond donors (Lipinski definition) is 1. The summed E-state index contributed by atoms with van der Waals surface area (Å²) in [4.78, 5) is 0. The van der Waals surface area contributed by atoms with Crippen molar-refractivity contribution >= 4 is 12.2 Å². The number of hydrogen-bond acceptors (Lipinski definition) is 3. The average molecular weight is 311 g/mol. The normalized spacial score (nSPS) is 12.1. The lowest BCUT2D eigenvalue weighted by atomic mass is 10.1. The van der Waals surface area contributed by atoms with Crippen molar-refractivity contribution in [2.24, 2.45) is 7.05 Å². The number of H-pyrrole nitrogens is 1. The number of rotatable bonds is 4. The smallest absolute Gasteiger partial charge is 0.195 e. The second-order valence-electron chi connectivity index (χ2n) is 5.10. The van der Waals surface area contributed by atoms with Gasteiger partial charge in [0.05, 0.1) is 0 Å². The van der Waals surface area contributed by atoms with E-state index >= 15 is 0 Å². The van der Waals surface area contributed by atoms with Crippen molar-refractivity contribution < 1.29 is 4.74 Å². The van der Waals surface area contributed by atoms with Crippen LogP contribution in [0.15, 0.2) is 54.6 Å². The van der Waals surface area contributed by atoms with Crippen LogP contribution in [0.1, 0.15) is 18.9 Å². The molecule has 0 fully saturated rings. The van der Waals surface area contributed by atoms with Gasteiger partial charge in [-0.1, -0.05) is 42.5 Å². The van der Waals surface area contributed by atoms with E-state index in [0.29, 0.717) is 4.77 Å². The molecule has 112 valence electrons. The molecule has 0 spiro atoms. The molecule has 4 nitrogen and oxygen atoms in total. The summed E-state index contributed by atoms with van der Waals surface area (Å²) in [6.07, 6.45) is -0.180. The molecule has 5 heteroatoms. The van der Waals surface area contributed by atoms with Gasteiger partial charge in [0.15, 0.2) is 16.7 Å². The molecule has 1 heterocycles. The lowest BCUT2D eigenvalue weighted by molar-refractivity contribution is 0.212. The van der Waals surface area contributed by atoms with Gasteiger partial charge in [-0.15, -0.1) is 0 Å². The maximum atomic E-state index is 5.94. The van der Waals surface area contributed by atoms with Gasteiger partial charge in [-0.3, -0.25) is 5.10 Å². The number of ether oxygens (including phenoxy) is 1. The lowest BCUT2D eigenvalue weighted by Crippen LogP contribution is -2.09. The van der Waals surface area contributed by atoms with Crippen LogP contribution < -0.4 is 4.74 Å². The maximum absolute atomic E-state index is 5.94. The third-order valence-electron chi connectivity index (χ3n) is 3.55. The fourth-order valence-electron chi connectivity index (χ4n) is 2.34. The molecular formula is C17H17N3OS. The molecule has 0 aliphatic rings. The first kappa shape index (κ1) is 14.5. The van der Waals surface area contributed by atoms with Gasteiger partial charge in [0.25, 0.3) is 0 Å². The van der Waals surface area contributed by atoms with E-state index in [4.69, 9.17) is 17.0 Å². The molecule has 0 aliphatic heterocycles. The van der Waals surface area contributed by atoms with Gasteiger partial charge in [-0.2, -0.15) is 5.10 Å². The Kier molecular flexibility index (Phi) is 4.06. The zero-order chi connectivity index (χ0) is 15.5. The number of nitrogens with zero attached hydrogens (tertiary/aromatic N) is 2. The van der Waals surface area contributed by atoms with Gasteiger partial charge in [-0.25, -0.2) is 0 Å². The Morgan fingerprint density at radius 2 is 1.68 bits per heavy atom. The van der Waals surface area contributed by atoms with Crippen molar-refractivity contribution in [2.45, 2.75) is 13.0 Å². The molecule has 0 saturated heterocycles. The predicted octanol–water partition coefficient (Wildman–Crippen LogP) is 4.28. The van der Waals surface area contributed by atoms with Gasteiger partial charge in [0.1, 0.15) is 5.75 Å². The summed E-state index contributed by atoms with van der Waals surface area (Å²) >= 11 is 5.12. The van der Waals surface area contributed by atoms with Crippen LogP contribution in [0.2, 0.25) is 0 Å². The third-order valence-corrected chi connectivity index (χ3v) is 3.92. The van der Waals surface area contributed by atoms with E-state index in [9.17, 15) is 0 Å². The fraction of sp³-hybridized carbons (Fsp3) is 0.176. The molecule has 0 amide bonds. The molecule has 0 saturated carbocycles. The van der Waals surface area contributed by atoms with E-state index in [0.717, 1.165) is 11.6 Å². The van der Waals surface area contributed by atoms with E-state index < -0.39 is 0 Å². The number of aromatic amines is 1. The van der Waals surface area contributed by atoms with Crippen LogP contribution >= 0.6 is 12.2 Å². The Labute approximate surface area is 134 Å². The highest BCUT2D eigenvalue weighted by atomic mass is 32.1. The quantitative estimate of drug-likeness (QED) is 0.731. The van der Waals surface area contributed by atoms with Gasteiger partial charge in [0, 0.05) is 7.05 Å². The molecule has 2 aromatic carbocycles. The first-order valence-corrected chi connectivity index (χ1v) is 7.49. The van der Waals surface area contributed by atoms with E-state index in [1.54, 1.807) is 0 Å². The van der Waals surface area contributed by atoms with Crippen molar-refractivity contribution in [3.05, 3.63) is 65.2 Å². The van der Waals surface area contributed by atoms with Crippen LogP contribution in [0.5, 0.6) is 5.75 Å². The van der Waals surface area contributed by atoms with Crippen molar-refractivity contribution in [1.82, 2.24) is 14.8 Å². The largest absolute Gasteiger partial charge is 0.483 e. The molecule has 1 atom stereocenters. The zero-order valence-electron chi connectivity index (χ0n) is 12.5. The van der Waals surface area contributed by atoms with Gasteiger partial charge in [0.2, 0.25) is 0 Å². The number of benzene rings is 2. The summed E-state index contributed by atoms with van der Waals surface area (Å²) in [7, 11) is 1.87. The van der Waals surface area contributed by atoms with Gasteiger partial charge in [-0.05, 0) is 42.4 Å². The predicted molar refractivity (Wildman–Crippen MR) is 89.3 cm³/mol. The summed E-state index contributed by atoms with van der Waals surface area (Å²) in [6.45, 7) is 1.95. The fourth-order valence-corrected chi connectivity index (χ4v) is 2.48. The first-order valence-electron chi connectivity index (χ1n) is 7.08. The highest BCUT2D eigenvalue weighted by Gasteiger charge is 2.13. The minimum absolute atomic E-state index is 0.180. The van der Waals surface area contributed by atoms with Crippen molar-refractivity contribution in [1.29, 1.82) is 0 Å². The van der Waals surface area contributed by atoms with E-state index in [1.807, 2.05) is 48.9 Å². The molecule has 0 aliphatic carbocycles. The van der Waals surface area contributed by atoms with Crippen molar-refractivity contribution in [2.75, 3.05) is 0 Å². The first-order chi connectivity index (χ1) is 10.6. The van der Waals surface area contributed by atoms with Crippen LogP contribution in [0.4, 0.5) is 0 Å². The second kappa shape index (κ2) is 6.15. The Morgan fingerprint density at radius 1 is 1.05 bits per heavy atom. The molecule has 0 radical (unpaired) electrons. The maximum Gasteiger partial charge on any atom is 0.195 e. The summed E-state index contributed by atoms with van der Waals surface area (Å²) in [5.41, 5.74) is 2.36. The Morgan fingerprint density at radius 3 is 2.27 bits per heavy atom. The Bertz CT molecular complexity index is 806. The molecular weight excluding hydrogens is 294 g/mol. The molecule has 1 unspecified atom stereocenters. The molecule has 0 bridgehead atoms. The Hall–Kier alpha value is -2.40. The van der Waals surface area contributed by atoms with Crippen LogP contribution in [-0.4, -0.2) is 14.8 Å². The third kappa shape index (κ3) is 2.94. The highest BCUT2D eigenvalue weighted by molar-refractivity contribution is 7.71. The van der Waals surface area contributed by atoms with Crippen LogP contribution in [-0.2, 0) is 7.05 Å².